The van der Waals surface area contributed by atoms with E-state index < -0.39 is 16.1 Å². The highest BCUT2D eigenvalue weighted by molar-refractivity contribution is 9.10. The molecule has 0 bridgehead atoms. The summed E-state index contributed by atoms with van der Waals surface area (Å²) in [6, 6.07) is 14.1. The lowest BCUT2D eigenvalue weighted by molar-refractivity contribution is 0.0935. The van der Waals surface area contributed by atoms with Gasteiger partial charge in [0.2, 0.25) is 10.0 Å². The molecule has 0 radical (unpaired) electrons. The molecule has 0 aliphatic heterocycles. The summed E-state index contributed by atoms with van der Waals surface area (Å²) < 4.78 is 32.6. The Bertz CT molecular complexity index is 843. The number of sulfonamides is 1. The predicted molar refractivity (Wildman–Crippen MR) is 111 cm³/mol. The average Bonchev–Trinajstić information content (AvgIpc) is 2.60. The van der Waals surface area contributed by atoms with Crippen molar-refractivity contribution < 1.29 is 18.3 Å². The molecular formula is C20H26BrNO4S. The highest BCUT2D eigenvalue weighted by Crippen LogP contribution is 2.24. The van der Waals surface area contributed by atoms with Gasteiger partial charge in [-0.1, -0.05) is 48.8 Å². The second kappa shape index (κ2) is 8.73. The minimum Gasteiger partial charge on any atom is -0.491 e. The standard InChI is InChI=1S/C20H26BrNO4S/c1-20(2,3)15-5-9-18(10-6-15)26-14-17(23)13-22(4)27(24,25)19-11-7-16(21)8-12-19/h5-12,17,23H,13-14H2,1-4H3/t17-/m0/s1. The average molecular weight is 456 g/mol. The first-order valence-corrected chi connectivity index (χ1v) is 10.9. The van der Waals surface area contributed by atoms with Crippen LogP contribution in [0.1, 0.15) is 26.3 Å². The second-order valence-electron chi connectivity index (χ2n) is 7.48. The van der Waals surface area contributed by atoms with Gasteiger partial charge < -0.3 is 9.84 Å². The lowest BCUT2D eigenvalue weighted by Crippen LogP contribution is -2.37. The highest BCUT2D eigenvalue weighted by Gasteiger charge is 2.23. The number of nitrogens with zero attached hydrogens (tertiary/aromatic N) is 1. The number of aliphatic hydroxyl groups excluding tert-OH is 1. The van der Waals surface area contributed by atoms with Crippen LogP contribution in [-0.2, 0) is 15.4 Å². The van der Waals surface area contributed by atoms with Gasteiger partial charge in [-0.2, -0.15) is 4.31 Å². The van der Waals surface area contributed by atoms with Crippen molar-refractivity contribution in [2.75, 3.05) is 20.2 Å². The van der Waals surface area contributed by atoms with Gasteiger partial charge in [0.05, 0.1) is 4.90 Å². The van der Waals surface area contributed by atoms with Crippen molar-refractivity contribution in [3.8, 4) is 5.75 Å². The molecule has 0 aromatic heterocycles. The lowest BCUT2D eigenvalue weighted by Gasteiger charge is -2.21. The van der Waals surface area contributed by atoms with E-state index in [-0.39, 0.29) is 23.5 Å². The summed E-state index contributed by atoms with van der Waals surface area (Å²) in [6.07, 6.45) is -0.942. The fourth-order valence-electron chi connectivity index (χ4n) is 2.48. The Balaban J connectivity index is 1.93. The highest BCUT2D eigenvalue weighted by atomic mass is 79.9. The molecule has 2 rings (SSSR count). The minimum atomic E-state index is -3.66. The number of ether oxygens (including phenoxy) is 1. The number of likely N-dealkylation sites (N-methyl/N-ethyl adjacent to an activating group) is 1. The first kappa shape index (κ1) is 21.9. The van der Waals surface area contributed by atoms with Gasteiger partial charge in [0.25, 0.3) is 0 Å². The van der Waals surface area contributed by atoms with E-state index in [1.807, 2.05) is 24.3 Å². The van der Waals surface area contributed by atoms with Gasteiger partial charge in [0.15, 0.2) is 0 Å². The Morgan fingerprint density at radius 2 is 1.63 bits per heavy atom. The van der Waals surface area contributed by atoms with Crippen molar-refractivity contribution >= 4 is 26.0 Å². The molecule has 0 aliphatic carbocycles. The molecule has 148 valence electrons. The zero-order valence-corrected chi connectivity index (χ0v) is 18.4. The zero-order valence-electron chi connectivity index (χ0n) is 16.0. The molecule has 0 aliphatic rings. The number of hydrogen-bond donors (Lipinski definition) is 1. The van der Waals surface area contributed by atoms with E-state index in [9.17, 15) is 13.5 Å². The van der Waals surface area contributed by atoms with E-state index in [1.54, 1.807) is 12.1 Å². The van der Waals surface area contributed by atoms with Crippen LogP contribution in [0.4, 0.5) is 0 Å². The quantitative estimate of drug-likeness (QED) is 0.688. The van der Waals surface area contributed by atoms with Crippen molar-refractivity contribution in [2.24, 2.45) is 0 Å². The fraction of sp³-hybridized carbons (Fsp3) is 0.400. The van der Waals surface area contributed by atoms with Crippen LogP contribution in [0.3, 0.4) is 0 Å². The Morgan fingerprint density at radius 3 is 2.15 bits per heavy atom. The maximum absolute atomic E-state index is 12.5. The summed E-state index contributed by atoms with van der Waals surface area (Å²) in [7, 11) is -2.22. The number of benzene rings is 2. The van der Waals surface area contributed by atoms with Crippen LogP contribution >= 0.6 is 15.9 Å². The van der Waals surface area contributed by atoms with E-state index in [1.165, 1.54) is 24.7 Å². The third kappa shape index (κ3) is 6.04. The van der Waals surface area contributed by atoms with Crippen LogP contribution in [-0.4, -0.2) is 44.1 Å². The van der Waals surface area contributed by atoms with Gasteiger partial charge in [-0.25, -0.2) is 8.42 Å². The third-order valence-corrected chi connectivity index (χ3v) is 6.52. The molecule has 5 nitrogen and oxygen atoms in total. The summed E-state index contributed by atoms with van der Waals surface area (Å²) in [6.45, 7) is 6.35. The van der Waals surface area contributed by atoms with E-state index >= 15 is 0 Å². The number of halogens is 1. The van der Waals surface area contributed by atoms with Crippen molar-refractivity contribution in [3.05, 3.63) is 58.6 Å². The normalized spacial score (nSPS) is 13.6. The van der Waals surface area contributed by atoms with Crippen molar-refractivity contribution in [1.29, 1.82) is 0 Å². The van der Waals surface area contributed by atoms with Gasteiger partial charge in [-0.15, -0.1) is 0 Å². The molecule has 1 atom stereocenters. The van der Waals surface area contributed by atoms with Crippen molar-refractivity contribution in [2.45, 2.75) is 37.2 Å². The molecule has 2 aromatic carbocycles. The summed E-state index contributed by atoms with van der Waals surface area (Å²) in [5.41, 5.74) is 1.25. The molecule has 0 saturated heterocycles. The van der Waals surface area contributed by atoms with Gasteiger partial charge in [0, 0.05) is 18.1 Å². The largest absolute Gasteiger partial charge is 0.491 e. The summed E-state index contributed by atoms with van der Waals surface area (Å²) in [4.78, 5) is 0.180. The molecule has 27 heavy (non-hydrogen) atoms. The van der Waals surface area contributed by atoms with Crippen LogP contribution in [0, 0.1) is 0 Å². The van der Waals surface area contributed by atoms with Crippen LogP contribution in [0.5, 0.6) is 5.75 Å². The molecule has 0 amide bonds. The van der Waals surface area contributed by atoms with Gasteiger partial charge in [-0.05, 0) is 47.4 Å². The van der Waals surface area contributed by atoms with Gasteiger partial charge in [0.1, 0.15) is 18.5 Å². The van der Waals surface area contributed by atoms with E-state index in [0.717, 1.165) is 8.78 Å². The molecular weight excluding hydrogens is 430 g/mol. The third-order valence-electron chi connectivity index (χ3n) is 4.15. The van der Waals surface area contributed by atoms with Gasteiger partial charge >= 0.3 is 0 Å². The van der Waals surface area contributed by atoms with Crippen LogP contribution in [0.2, 0.25) is 0 Å². The smallest absolute Gasteiger partial charge is 0.242 e. The number of hydrogen-bond acceptors (Lipinski definition) is 4. The van der Waals surface area contributed by atoms with Crippen LogP contribution in [0.15, 0.2) is 57.9 Å². The molecule has 0 unspecified atom stereocenters. The SMILES string of the molecule is CN(C[C@H](O)COc1ccc(C(C)(C)C)cc1)S(=O)(=O)c1ccc(Br)cc1. The maximum Gasteiger partial charge on any atom is 0.242 e. The van der Waals surface area contributed by atoms with E-state index in [2.05, 4.69) is 36.7 Å². The molecule has 0 spiro atoms. The predicted octanol–water partition coefficient (Wildman–Crippen LogP) is 3.81. The van der Waals surface area contributed by atoms with E-state index in [0.29, 0.717) is 5.75 Å². The van der Waals surface area contributed by atoms with Gasteiger partial charge in [-0.3, -0.25) is 0 Å². The topological polar surface area (TPSA) is 66.8 Å². The van der Waals surface area contributed by atoms with Crippen molar-refractivity contribution in [1.82, 2.24) is 4.31 Å². The molecule has 2 aromatic rings. The summed E-state index contributed by atoms with van der Waals surface area (Å²) >= 11 is 3.28. The Kier molecular flexibility index (Phi) is 7.08. The second-order valence-corrected chi connectivity index (χ2v) is 10.4. The molecule has 1 N–H and O–H groups in total. The summed E-state index contributed by atoms with van der Waals surface area (Å²) in [5.74, 6) is 0.639. The fourth-order valence-corrected chi connectivity index (χ4v) is 3.95. The molecule has 0 fully saturated rings. The van der Waals surface area contributed by atoms with E-state index in [4.69, 9.17) is 4.74 Å². The number of rotatable bonds is 7. The van der Waals surface area contributed by atoms with Crippen LogP contribution in [0.25, 0.3) is 0 Å². The first-order valence-electron chi connectivity index (χ1n) is 8.63. The Morgan fingerprint density at radius 1 is 1.07 bits per heavy atom. The van der Waals surface area contributed by atoms with Crippen LogP contribution < -0.4 is 4.74 Å². The number of aliphatic hydroxyl groups is 1. The van der Waals surface area contributed by atoms with Crippen molar-refractivity contribution in [3.63, 3.8) is 0 Å². The minimum absolute atomic E-state index is 0.00899. The summed E-state index contributed by atoms with van der Waals surface area (Å²) in [5, 5.41) is 10.2. The monoisotopic (exact) mass is 455 g/mol. The lowest BCUT2D eigenvalue weighted by atomic mass is 9.87. The molecule has 0 heterocycles. The molecule has 0 saturated carbocycles. The Labute approximate surface area is 170 Å². The Hall–Kier alpha value is -1.41. The molecule has 7 heteroatoms. The maximum atomic E-state index is 12.5. The first-order chi connectivity index (χ1) is 12.5. The zero-order chi connectivity index (χ0) is 20.2.